The summed E-state index contributed by atoms with van der Waals surface area (Å²) >= 11 is 2.72. The number of rotatable bonds is 6. The maximum Gasteiger partial charge on any atom is 0.263 e. The molecule has 0 aliphatic heterocycles. The van der Waals surface area contributed by atoms with Gasteiger partial charge in [0.05, 0.1) is 23.9 Å². The number of benzene rings is 1. The van der Waals surface area contributed by atoms with Gasteiger partial charge in [-0.3, -0.25) is 14.2 Å². The van der Waals surface area contributed by atoms with Crippen LogP contribution in [0.5, 0.6) is 0 Å². The maximum atomic E-state index is 13.1. The van der Waals surface area contributed by atoms with Crippen LogP contribution in [0.2, 0.25) is 0 Å². The first-order valence-electron chi connectivity index (χ1n) is 9.44. The van der Waals surface area contributed by atoms with Gasteiger partial charge in [-0.2, -0.15) is 0 Å². The van der Waals surface area contributed by atoms with Crippen molar-refractivity contribution in [2.24, 2.45) is 0 Å². The second kappa shape index (κ2) is 8.49. The highest BCUT2D eigenvalue weighted by Gasteiger charge is 2.16. The summed E-state index contributed by atoms with van der Waals surface area (Å²) in [5.74, 6) is 0.657. The predicted octanol–water partition coefficient (Wildman–Crippen LogP) is 4.76. The van der Waals surface area contributed by atoms with E-state index in [4.69, 9.17) is 4.42 Å². The number of carbonyl (C=O) groups is 1. The van der Waals surface area contributed by atoms with Crippen molar-refractivity contribution in [2.75, 3.05) is 11.1 Å². The molecule has 0 radical (unpaired) electrons. The normalized spacial score (nSPS) is 11.2. The van der Waals surface area contributed by atoms with Gasteiger partial charge in [-0.15, -0.1) is 11.3 Å². The zero-order valence-electron chi connectivity index (χ0n) is 16.9. The fraction of sp³-hybridized carbons (Fsp3) is 0.227. The highest BCUT2D eigenvalue weighted by atomic mass is 32.2. The van der Waals surface area contributed by atoms with Crippen molar-refractivity contribution in [1.29, 1.82) is 0 Å². The van der Waals surface area contributed by atoms with Gasteiger partial charge >= 0.3 is 0 Å². The molecule has 0 atom stereocenters. The van der Waals surface area contributed by atoms with Crippen LogP contribution < -0.4 is 10.9 Å². The molecule has 0 fully saturated rings. The van der Waals surface area contributed by atoms with E-state index >= 15 is 0 Å². The summed E-state index contributed by atoms with van der Waals surface area (Å²) in [5.41, 5.74) is 2.92. The lowest BCUT2D eigenvalue weighted by molar-refractivity contribution is -0.113. The Bertz CT molecular complexity index is 1270. The van der Waals surface area contributed by atoms with Crippen molar-refractivity contribution in [3.63, 3.8) is 0 Å². The minimum Gasteiger partial charge on any atom is -0.467 e. The van der Waals surface area contributed by atoms with Gasteiger partial charge in [0.1, 0.15) is 10.6 Å². The Hall–Kier alpha value is -2.84. The molecule has 0 unspecified atom stereocenters. The lowest BCUT2D eigenvalue weighted by atomic mass is 10.1. The summed E-state index contributed by atoms with van der Waals surface area (Å²) < 4.78 is 6.99. The summed E-state index contributed by atoms with van der Waals surface area (Å²) in [6.07, 6.45) is 1.57. The lowest BCUT2D eigenvalue weighted by Crippen LogP contribution is -2.24. The average Bonchev–Trinajstić information content (AvgIpc) is 3.35. The van der Waals surface area contributed by atoms with Crippen LogP contribution in [-0.2, 0) is 11.3 Å². The van der Waals surface area contributed by atoms with E-state index < -0.39 is 0 Å². The Morgan fingerprint density at radius 3 is 2.77 bits per heavy atom. The summed E-state index contributed by atoms with van der Waals surface area (Å²) in [6.45, 7) is 6.26. The smallest absolute Gasteiger partial charge is 0.263 e. The zero-order valence-corrected chi connectivity index (χ0v) is 18.5. The molecule has 0 saturated carbocycles. The topological polar surface area (TPSA) is 77.1 Å². The zero-order chi connectivity index (χ0) is 21.3. The first-order chi connectivity index (χ1) is 14.4. The number of anilines is 1. The fourth-order valence-electron chi connectivity index (χ4n) is 3.07. The third-order valence-corrected chi connectivity index (χ3v) is 6.68. The van der Waals surface area contributed by atoms with Crippen LogP contribution in [0.1, 0.15) is 21.8 Å². The quantitative estimate of drug-likeness (QED) is 0.346. The van der Waals surface area contributed by atoms with Crippen LogP contribution in [0.4, 0.5) is 5.69 Å². The molecule has 4 aromatic rings. The van der Waals surface area contributed by atoms with Crippen LogP contribution in [0.25, 0.3) is 10.2 Å². The number of carbonyl (C=O) groups excluding carboxylic acids is 1. The number of nitrogens with one attached hydrogen (secondary N) is 1. The number of hydrogen-bond donors (Lipinski definition) is 1. The largest absolute Gasteiger partial charge is 0.467 e. The second-order valence-electron chi connectivity index (χ2n) is 7.08. The van der Waals surface area contributed by atoms with Crippen LogP contribution in [-0.4, -0.2) is 21.2 Å². The number of thiophene rings is 1. The summed E-state index contributed by atoms with van der Waals surface area (Å²) in [4.78, 5) is 31.9. The highest BCUT2D eigenvalue weighted by Crippen LogP contribution is 2.25. The molecule has 0 bridgehead atoms. The van der Waals surface area contributed by atoms with Crippen LogP contribution in [0.15, 0.2) is 57.0 Å². The van der Waals surface area contributed by atoms with Crippen molar-refractivity contribution in [1.82, 2.24) is 9.55 Å². The van der Waals surface area contributed by atoms with E-state index in [9.17, 15) is 9.59 Å². The average molecular weight is 440 g/mol. The predicted molar refractivity (Wildman–Crippen MR) is 122 cm³/mol. The van der Waals surface area contributed by atoms with Gasteiger partial charge in [0.25, 0.3) is 5.56 Å². The molecule has 0 aliphatic carbocycles. The Kier molecular flexibility index (Phi) is 5.78. The molecule has 0 saturated heterocycles. The monoisotopic (exact) mass is 439 g/mol. The van der Waals surface area contributed by atoms with E-state index in [1.807, 2.05) is 51.1 Å². The number of nitrogens with zero attached hydrogens (tertiary/aromatic N) is 2. The third-order valence-electron chi connectivity index (χ3n) is 4.76. The van der Waals surface area contributed by atoms with Gasteiger partial charge in [-0.25, -0.2) is 4.98 Å². The number of thioether (sulfide) groups is 1. The number of furan rings is 1. The lowest BCUT2D eigenvalue weighted by Gasteiger charge is -2.11. The van der Waals surface area contributed by atoms with Crippen molar-refractivity contribution in [2.45, 2.75) is 32.5 Å². The van der Waals surface area contributed by atoms with Gasteiger partial charge in [0, 0.05) is 10.6 Å². The van der Waals surface area contributed by atoms with E-state index in [1.54, 1.807) is 16.9 Å². The molecule has 3 heterocycles. The van der Waals surface area contributed by atoms with Crippen molar-refractivity contribution in [3.8, 4) is 0 Å². The molecule has 6 nitrogen and oxygen atoms in total. The molecular weight excluding hydrogens is 418 g/mol. The van der Waals surface area contributed by atoms with Gasteiger partial charge in [0.15, 0.2) is 5.16 Å². The first-order valence-corrected chi connectivity index (χ1v) is 11.2. The number of aromatic nitrogens is 2. The van der Waals surface area contributed by atoms with Gasteiger partial charge in [0.2, 0.25) is 5.91 Å². The van der Waals surface area contributed by atoms with E-state index in [0.717, 1.165) is 16.1 Å². The third kappa shape index (κ3) is 4.34. The van der Waals surface area contributed by atoms with Crippen molar-refractivity contribution < 1.29 is 9.21 Å². The molecular formula is C22H21N3O3S2. The molecule has 1 aromatic carbocycles. The maximum absolute atomic E-state index is 13.1. The number of aryl methyl sites for hydroxylation is 3. The summed E-state index contributed by atoms with van der Waals surface area (Å²) in [7, 11) is 0. The SMILES string of the molecule is Cc1cc2c(=O)n(Cc3ccco3)c(SCC(=O)Nc3ccc(C)c(C)c3)nc2s1. The molecule has 4 rings (SSSR count). The Morgan fingerprint density at radius 1 is 1.20 bits per heavy atom. The van der Waals surface area contributed by atoms with Crippen LogP contribution in [0, 0.1) is 20.8 Å². The Labute approximate surface area is 181 Å². The van der Waals surface area contributed by atoms with E-state index in [-0.39, 0.29) is 23.8 Å². The first kappa shape index (κ1) is 20.4. The van der Waals surface area contributed by atoms with Crippen LogP contribution >= 0.6 is 23.1 Å². The Morgan fingerprint density at radius 2 is 2.03 bits per heavy atom. The molecule has 3 aromatic heterocycles. The number of amides is 1. The highest BCUT2D eigenvalue weighted by molar-refractivity contribution is 7.99. The van der Waals surface area contributed by atoms with E-state index in [2.05, 4.69) is 10.3 Å². The van der Waals surface area contributed by atoms with Crippen molar-refractivity contribution >= 4 is 44.9 Å². The molecule has 1 N–H and O–H groups in total. The van der Waals surface area contributed by atoms with Gasteiger partial charge in [-0.1, -0.05) is 17.8 Å². The summed E-state index contributed by atoms with van der Waals surface area (Å²) in [6, 6.07) is 11.3. The Balaban J connectivity index is 1.58. The minimum atomic E-state index is -0.149. The van der Waals surface area contributed by atoms with Gasteiger partial charge in [-0.05, 0) is 62.2 Å². The van der Waals surface area contributed by atoms with E-state index in [0.29, 0.717) is 21.1 Å². The summed E-state index contributed by atoms with van der Waals surface area (Å²) in [5, 5.41) is 4.00. The molecule has 0 spiro atoms. The molecule has 30 heavy (non-hydrogen) atoms. The van der Waals surface area contributed by atoms with Crippen LogP contribution in [0.3, 0.4) is 0 Å². The molecule has 1 amide bonds. The second-order valence-corrected chi connectivity index (χ2v) is 9.25. The van der Waals surface area contributed by atoms with Gasteiger partial charge < -0.3 is 9.73 Å². The minimum absolute atomic E-state index is 0.127. The molecule has 8 heteroatoms. The molecule has 154 valence electrons. The standard InChI is InChI=1S/C22H21N3O3S2/c1-13-6-7-16(9-14(13)2)23-19(26)12-29-22-24-20-18(10-15(3)30-20)21(27)25(22)11-17-5-4-8-28-17/h4-10H,11-12H2,1-3H3,(H,23,26). The van der Waals surface area contributed by atoms with Crippen molar-refractivity contribution in [3.05, 3.63) is 74.8 Å². The number of hydrogen-bond acceptors (Lipinski definition) is 6. The number of fused-ring (bicyclic) bond motifs is 1. The fourth-order valence-corrected chi connectivity index (χ4v) is 4.79. The van der Waals surface area contributed by atoms with E-state index in [1.165, 1.54) is 28.7 Å². The molecule has 0 aliphatic rings.